The Bertz CT molecular complexity index is 297. The van der Waals surface area contributed by atoms with Crippen LogP contribution in [0, 0.1) is 5.92 Å². The molecule has 0 fully saturated rings. The minimum atomic E-state index is 0.709. The monoisotopic (exact) mass is 239 g/mol. The van der Waals surface area contributed by atoms with Crippen LogP contribution in [0.25, 0.3) is 0 Å². The first kappa shape index (κ1) is 14.0. The van der Waals surface area contributed by atoms with Crippen molar-refractivity contribution in [2.24, 2.45) is 5.92 Å². The maximum atomic E-state index is 5.01. The van der Waals surface area contributed by atoms with Crippen molar-refractivity contribution in [3.8, 4) is 0 Å². The van der Waals surface area contributed by atoms with Crippen molar-refractivity contribution in [2.75, 3.05) is 25.6 Å². The lowest BCUT2D eigenvalue weighted by Gasteiger charge is -2.10. The second-order valence-corrected chi connectivity index (χ2v) is 4.75. The smallest absolute Gasteiger partial charge is 0.202 e. The summed E-state index contributed by atoms with van der Waals surface area (Å²) in [4.78, 5) is 4.30. The summed E-state index contributed by atoms with van der Waals surface area (Å²) in [6.07, 6.45) is 7.68. The average molecular weight is 239 g/mol. The van der Waals surface area contributed by atoms with Gasteiger partial charge in [-0.05, 0) is 12.3 Å². The van der Waals surface area contributed by atoms with Crippen LogP contribution in [0.3, 0.4) is 0 Å². The summed E-state index contributed by atoms with van der Waals surface area (Å²) in [5.41, 5.74) is 0. The molecular weight excluding hydrogens is 214 g/mol. The van der Waals surface area contributed by atoms with Gasteiger partial charge in [-0.2, -0.15) is 0 Å². The van der Waals surface area contributed by atoms with E-state index in [2.05, 4.69) is 28.7 Å². The van der Waals surface area contributed by atoms with Crippen LogP contribution in [0.1, 0.15) is 33.1 Å². The van der Waals surface area contributed by atoms with Crippen molar-refractivity contribution in [1.82, 2.24) is 9.55 Å². The Morgan fingerprint density at radius 1 is 1.41 bits per heavy atom. The summed E-state index contributed by atoms with van der Waals surface area (Å²) in [6, 6.07) is 0. The van der Waals surface area contributed by atoms with Crippen molar-refractivity contribution >= 4 is 5.95 Å². The molecule has 0 aliphatic rings. The third-order valence-electron chi connectivity index (χ3n) is 2.74. The Hall–Kier alpha value is -1.03. The second kappa shape index (κ2) is 8.12. The molecular formula is C13H25N3O. The van der Waals surface area contributed by atoms with Crippen LogP contribution in [0.4, 0.5) is 5.95 Å². The van der Waals surface area contributed by atoms with Crippen molar-refractivity contribution in [1.29, 1.82) is 0 Å². The fraction of sp³-hybridized carbons (Fsp3) is 0.769. The molecule has 0 radical (unpaired) electrons. The quantitative estimate of drug-likeness (QED) is 0.673. The minimum Gasteiger partial charge on any atom is -0.383 e. The molecule has 0 saturated carbocycles. The molecule has 4 nitrogen and oxygen atoms in total. The van der Waals surface area contributed by atoms with Gasteiger partial charge in [-0.3, -0.25) is 0 Å². The number of nitrogens with zero attached hydrogens (tertiary/aromatic N) is 2. The molecule has 1 N–H and O–H groups in total. The molecule has 1 heterocycles. The van der Waals surface area contributed by atoms with E-state index in [1.807, 2.05) is 12.4 Å². The van der Waals surface area contributed by atoms with Gasteiger partial charge in [0.2, 0.25) is 5.95 Å². The average Bonchev–Trinajstić information content (AvgIpc) is 2.72. The number of rotatable bonds is 9. The molecule has 0 bridgehead atoms. The lowest BCUT2D eigenvalue weighted by Crippen LogP contribution is -2.12. The third kappa shape index (κ3) is 5.73. The van der Waals surface area contributed by atoms with E-state index in [1.54, 1.807) is 7.11 Å². The first-order chi connectivity index (χ1) is 8.24. The molecule has 98 valence electrons. The fourth-order valence-electron chi connectivity index (χ4n) is 1.76. The number of nitrogens with one attached hydrogen (secondary N) is 1. The fourth-order valence-corrected chi connectivity index (χ4v) is 1.76. The van der Waals surface area contributed by atoms with Gasteiger partial charge in [0.15, 0.2) is 0 Å². The molecule has 0 saturated heterocycles. The number of anilines is 1. The van der Waals surface area contributed by atoms with Crippen LogP contribution < -0.4 is 5.32 Å². The zero-order chi connectivity index (χ0) is 12.5. The Balaban J connectivity index is 2.25. The van der Waals surface area contributed by atoms with E-state index < -0.39 is 0 Å². The summed E-state index contributed by atoms with van der Waals surface area (Å²) < 4.78 is 7.18. The largest absolute Gasteiger partial charge is 0.383 e. The van der Waals surface area contributed by atoms with E-state index >= 15 is 0 Å². The Morgan fingerprint density at radius 3 is 2.94 bits per heavy atom. The number of unbranched alkanes of at least 4 members (excludes halogenated alkanes) is 1. The van der Waals surface area contributed by atoms with E-state index in [4.69, 9.17) is 4.74 Å². The van der Waals surface area contributed by atoms with E-state index in [1.165, 1.54) is 19.3 Å². The summed E-state index contributed by atoms with van der Waals surface area (Å²) in [6.45, 7) is 7.10. The highest BCUT2D eigenvalue weighted by molar-refractivity contribution is 5.25. The Labute approximate surface area is 104 Å². The van der Waals surface area contributed by atoms with Gasteiger partial charge in [-0.15, -0.1) is 0 Å². The Morgan fingerprint density at radius 2 is 2.24 bits per heavy atom. The molecule has 0 atom stereocenters. The van der Waals surface area contributed by atoms with E-state index in [-0.39, 0.29) is 0 Å². The number of hydrogen-bond acceptors (Lipinski definition) is 3. The van der Waals surface area contributed by atoms with E-state index in [0.29, 0.717) is 6.61 Å². The molecule has 1 aromatic rings. The van der Waals surface area contributed by atoms with Gasteiger partial charge in [0.05, 0.1) is 6.61 Å². The number of imidazole rings is 1. The first-order valence-electron chi connectivity index (χ1n) is 6.48. The number of hydrogen-bond donors (Lipinski definition) is 1. The highest BCUT2D eigenvalue weighted by atomic mass is 16.5. The molecule has 1 rings (SSSR count). The molecule has 4 heteroatoms. The van der Waals surface area contributed by atoms with Gasteiger partial charge in [-0.1, -0.05) is 26.7 Å². The highest BCUT2D eigenvalue weighted by Gasteiger charge is 2.01. The Kier molecular flexibility index (Phi) is 6.70. The zero-order valence-corrected chi connectivity index (χ0v) is 11.3. The minimum absolute atomic E-state index is 0.709. The number of methoxy groups -OCH3 is 1. The van der Waals surface area contributed by atoms with Crippen molar-refractivity contribution in [3.63, 3.8) is 0 Å². The summed E-state index contributed by atoms with van der Waals surface area (Å²) >= 11 is 0. The van der Waals surface area contributed by atoms with Gasteiger partial charge < -0.3 is 14.6 Å². The zero-order valence-electron chi connectivity index (χ0n) is 11.3. The highest BCUT2D eigenvalue weighted by Crippen LogP contribution is 2.10. The molecule has 0 spiro atoms. The van der Waals surface area contributed by atoms with Crippen molar-refractivity contribution in [3.05, 3.63) is 12.4 Å². The molecule has 0 amide bonds. The van der Waals surface area contributed by atoms with Crippen LogP contribution in [0.5, 0.6) is 0 Å². The van der Waals surface area contributed by atoms with Crippen molar-refractivity contribution in [2.45, 2.75) is 39.7 Å². The summed E-state index contributed by atoms with van der Waals surface area (Å²) in [7, 11) is 1.71. The maximum Gasteiger partial charge on any atom is 0.202 e. The SMILES string of the molecule is COCCNc1nccn1CCCCC(C)C. The summed E-state index contributed by atoms with van der Waals surface area (Å²) in [5, 5.41) is 3.27. The van der Waals surface area contributed by atoms with Gasteiger partial charge in [0, 0.05) is 32.6 Å². The van der Waals surface area contributed by atoms with Gasteiger partial charge in [-0.25, -0.2) is 4.98 Å². The van der Waals surface area contributed by atoms with Gasteiger partial charge in [0.1, 0.15) is 0 Å². The van der Waals surface area contributed by atoms with Gasteiger partial charge in [0.25, 0.3) is 0 Å². The lowest BCUT2D eigenvalue weighted by atomic mass is 10.1. The standard InChI is InChI=1S/C13H25N3O/c1-12(2)6-4-5-9-16-10-7-14-13(16)15-8-11-17-3/h7,10,12H,4-6,8-9,11H2,1-3H3,(H,14,15). The number of ether oxygens (including phenoxy) is 1. The lowest BCUT2D eigenvalue weighted by molar-refractivity contribution is 0.210. The van der Waals surface area contributed by atoms with E-state index in [9.17, 15) is 0 Å². The van der Waals surface area contributed by atoms with Crippen LogP contribution in [0.15, 0.2) is 12.4 Å². The molecule has 0 aliphatic heterocycles. The van der Waals surface area contributed by atoms with Crippen LogP contribution in [-0.4, -0.2) is 29.8 Å². The van der Waals surface area contributed by atoms with E-state index in [0.717, 1.165) is 25.0 Å². The molecule has 0 aromatic carbocycles. The van der Waals surface area contributed by atoms with Crippen LogP contribution in [0.2, 0.25) is 0 Å². The molecule has 0 unspecified atom stereocenters. The van der Waals surface area contributed by atoms with Crippen molar-refractivity contribution < 1.29 is 4.74 Å². The van der Waals surface area contributed by atoms with Crippen LogP contribution >= 0.6 is 0 Å². The second-order valence-electron chi connectivity index (χ2n) is 4.75. The topological polar surface area (TPSA) is 39.1 Å². The predicted molar refractivity (Wildman–Crippen MR) is 71.3 cm³/mol. The first-order valence-corrected chi connectivity index (χ1v) is 6.48. The molecule has 17 heavy (non-hydrogen) atoms. The van der Waals surface area contributed by atoms with Crippen LogP contribution in [-0.2, 0) is 11.3 Å². The maximum absolute atomic E-state index is 5.01. The van der Waals surface area contributed by atoms with Gasteiger partial charge >= 0.3 is 0 Å². The number of aromatic nitrogens is 2. The summed E-state index contributed by atoms with van der Waals surface area (Å²) in [5.74, 6) is 1.75. The normalized spacial score (nSPS) is 11.1. The number of aryl methyl sites for hydroxylation is 1. The molecule has 0 aliphatic carbocycles. The molecule has 1 aromatic heterocycles. The third-order valence-corrected chi connectivity index (χ3v) is 2.74. The predicted octanol–water partition coefficient (Wildman–Crippen LogP) is 2.77.